The molecule has 21 heavy (non-hydrogen) atoms. The molecular weight excluding hydrogens is 272 g/mol. The van der Waals surface area contributed by atoms with Gasteiger partial charge in [-0.2, -0.15) is 0 Å². The lowest BCUT2D eigenvalue weighted by Gasteiger charge is -2.23. The van der Waals surface area contributed by atoms with Crippen molar-refractivity contribution in [2.24, 2.45) is 0 Å². The van der Waals surface area contributed by atoms with Gasteiger partial charge in [-0.3, -0.25) is 10.1 Å². The van der Waals surface area contributed by atoms with Gasteiger partial charge in [0.1, 0.15) is 6.10 Å². The van der Waals surface area contributed by atoms with Gasteiger partial charge in [-0.25, -0.2) is 0 Å². The molecule has 1 aliphatic heterocycles. The van der Waals surface area contributed by atoms with Gasteiger partial charge in [0.15, 0.2) is 5.75 Å². The Labute approximate surface area is 123 Å². The molecule has 1 unspecified atom stereocenters. The van der Waals surface area contributed by atoms with E-state index in [4.69, 9.17) is 9.47 Å². The molecule has 1 atom stereocenters. The molecule has 2 fully saturated rings. The van der Waals surface area contributed by atoms with Crippen LogP contribution in [0, 0.1) is 10.1 Å². The van der Waals surface area contributed by atoms with Crippen molar-refractivity contribution in [3.05, 3.63) is 33.9 Å². The number of nitro groups is 1. The van der Waals surface area contributed by atoms with Gasteiger partial charge >= 0.3 is 5.69 Å². The standard InChI is InChI=1S/C15H20N2O4/c18-17(19)14-6-3-11(9-16-12-4-5-12)8-15(14)21-13-2-1-7-20-10-13/h3,6,8,12-13,16H,1-2,4-5,7,9-10H2. The number of nitrogens with one attached hydrogen (secondary N) is 1. The van der Waals surface area contributed by atoms with Crippen molar-refractivity contribution >= 4 is 5.69 Å². The lowest BCUT2D eigenvalue weighted by molar-refractivity contribution is -0.386. The maximum Gasteiger partial charge on any atom is 0.310 e. The maximum atomic E-state index is 11.1. The molecule has 114 valence electrons. The van der Waals surface area contributed by atoms with E-state index >= 15 is 0 Å². The summed E-state index contributed by atoms with van der Waals surface area (Å²) in [6.07, 6.45) is 4.15. The molecule has 1 saturated carbocycles. The summed E-state index contributed by atoms with van der Waals surface area (Å²) in [4.78, 5) is 10.7. The van der Waals surface area contributed by atoms with Crippen molar-refractivity contribution in [3.8, 4) is 5.75 Å². The van der Waals surface area contributed by atoms with E-state index in [0.717, 1.165) is 31.6 Å². The van der Waals surface area contributed by atoms with Gasteiger partial charge in [-0.15, -0.1) is 0 Å². The first-order valence-corrected chi connectivity index (χ1v) is 7.47. The normalized spacial score (nSPS) is 22.0. The second-order valence-corrected chi connectivity index (χ2v) is 5.67. The number of benzene rings is 1. The van der Waals surface area contributed by atoms with Crippen LogP contribution in [0.25, 0.3) is 0 Å². The molecule has 0 bridgehead atoms. The summed E-state index contributed by atoms with van der Waals surface area (Å²) in [5.41, 5.74) is 1.04. The van der Waals surface area contributed by atoms with Crippen molar-refractivity contribution < 1.29 is 14.4 Å². The Morgan fingerprint density at radius 1 is 1.38 bits per heavy atom. The highest BCUT2D eigenvalue weighted by atomic mass is 16.6. The molecule has 6 nitrogen and oxygen atoms in total. The molecule has 0 amide bonds. The van der Waals surface area contributed by atoms with Crippen molar-refractivity contribution in [1.29, 1.82) is 0 Å². The van der Waals surface area contributed by atoms with Gasteiger partial charge in [-0.1, -0.05) is 6.07 Å². The molecule has 1 saturated heterocycles. The molecule has 1 N–H and O–H groups in total. The number of hydrogen-bond donors (Lipinski definition) is 1. The average molecular weight is 292 g/mol. The summed E-state index contributed by atoms with van der Waals surface area (Å²) >= 11 is 0. The number of nitro benzene ring substituents is 1. The summed E-state index contributed by atoms with van der Waals surface area (Å²) in [6.45, 7) is 1.97. The Balaban J connectivity index is 1.72. The van der Waals surface area contributed by atoms with Gasteiger partial charge in [0.2, 0.25) is 0 Å². The van der Waals surface area contributed by atoms with Gasteiger partial charge in [0.05, 0.1) is 11.5 Å². The highest BCUT2D eigenvalue weighted by molar-refractivity contribution is 5.48. The summed E-state index contributed by atoms with van der Waals surface area (Å²) in [5, 5.41) is 14.5. The van der Waals surface area contributed by atoms with E-state index in [1.54, 1.807) is 12.1 Å². The Kier molecular flexibility index (Phi) is 4.36. The largest absolute Gasteiger partial charge is 0.481 e. The molecule has 1 heterocycles. The molecule has 2 aliphatic rings. The summed E-state index contributed by atoms with van der Waals surface area (Å²) < 4.78 is 11.2. The topological polar surface area (TPSA) is 73.6 Å². The van der Waals surface area contributed by atoms with Crippen LogP contribution < -0.4 is 10.1 Å². The van der Waals surface area contributed by atoms with Crippen LogP contribution in [0.2, 0.25) is 0 Å². The van der Waals surface area contributed by atoms with Crippen LogP contribution in [0.3, 0.4) is 0 Å². The van der Waals surface area contributed by atoms with Gasteiger partial charge in [0, 0.05) is 25.3 Å². The monoisotopic (exact) mass is 292 g/mol. The minimum absolute atomic E-state index is 0.0238. The van der Waals surface area contributed by atoms with Gasteiger partial charge in [0.25, 0.3) is 0 Å². The molecule has 0 radical (unpaired) electrons. The Morgan fingerprint density at radius 2 is 2.24 bits per heavy atom. The molecule has 0 spiro atoms. The van der Waals surface area contributed by atoms with Crippen molar-refractivity contribution in [2.75, 3.05) is 13.2 Å². The zero-order valence-corrected chi connectivity index (χ0v) is 11.9. The smallest absolute Gasteiger partial charge is 0.310 e. The number of ether oxygens (including phenoxy) is 2. The van der Waals surface area contributed by atoms with E-state index in [0.29, 0.717) is 18.4 Å². The van der Waals surface area contributed by atoms with Crippen LogP contribution >= 0.6 is 0 Å². The van der Waals surface area contributed by atoms with Crippen LogP contribution in [0.4, 0.5) is 5.69 Å². The Bertz CT molecular complexity index is 510. The first-order chi connectivity index (χ1) is 10.2. The van der Waals surface area contributed by atoms with E-state index < -0.39 is 4.92 Å². The van der Waals surface area contributed by atoms with E-state index in [9.17, 15) is 10.1 Å². The molecule has 1 aromatic rings. The predicted molar refractivity (Wildman–Crippen MR) is 77.4 cm³/mol. The van der Waals surface area contributed by atoms with Crippen molar-refractivity contribution in [1.82, 2.24) is 5.32 Å². The van der Waals surface area contributed by atoms with Gasteiger partial charge < -0.3 is 14.8 Å². The molecule has 1 aromatic carbocycles. The van der Waals surface area contributed by atoms with E-state index in [2.05, 4.69) is 5.32 Å². The fourth-order valence-electron chi connectivity index (χ4n) is 2.45. The zero-order chi connectivity index (χ0) is 14.7. The van der Waals surface area contributed by atoms with E-state index in [1.807, 2.05) is 0 Å². The number of rotatable bonds is 6. The Hall–Kier alpha value is -1.66. The van der Waals surface area contributed by atoms with Crippen LogP contribution in [0.5, 0.6) is 5.75 Å². The molecule has 6 heteroatoms. The predicted octanol–water partition coefficient (Wildman–Crippen LogP) is 2.40. The minimum atomic E-state index is -0.392. The number of nitrogens with zero attached hydrogens (tertiary/aromatic N) is 1. The highest BCUT2D eigenvalue weighted by Gasteiger charge is 2.23. The third kappa shape index (κ3) is 3.92. The van der Waals surface area contributed by atoms with Crippen LogP contribution in [-0.2, 0) is 11.3 Å². The number of hydrogen-bond acceptors (Lipinski definition) is 5. The highest BCUT2D eigenvalue weighted by Crippen LogP contribution is 2.30. The van der Waals surface area contributed by atoms with E-state index in [1.165, 1.54) is 18.9 Å². The van der Waals surface area contributed by atoms with Crippen molar-refractivity contribution in [3.63, 3.8) is 0 Å². The average Bonchev–Trinajstić information content (AvgIpc) is 3.30. The van der Waals surface area contributed by atoms with Crippen molar-refractivity contribution in [2.45, 2.75) is 44.4 Å². The molecule has 1 aliphatic carbocycles. The lowest BCUT2D eigenvalue weighted by atomic mass is 10.1. The SMILES string of the molecule is O=[N+]([O-])c1ccc(CNC2CC2)cc1OC1CCCOC1. The fraction of sp³-hybridized carbons (Fsp3) is 0.600. The second kappa shape index (κ2) is 6.41. The molecule has 0 aromatic heterocycles. The van der Waals surface area contributed by atoms with Crippen LogP contribution in [-0.4, -0.2) is 30.3 Å². The molecular formula is C15H20N2O4. The quantitative estimate of drug-likeness (QED) is 0.644. The first kappa shape index (κ1) is 14.3. The van der Waals surface area contributed by atoms with Crippen LogP contribution in [0.15, 0.2) is 18.2 Å². The lowest BCUT2D eigenvalue weighted by Crippen LogP contribution is -2.28. The van der Waals surface area contributed by atoms with E-state index in [-0.39, 0.29) is 11.8 Å². The second-order valence-electron chi connectivity index (χ2n) is 5.67. The first-order valence-electron chi connectivity index (χ1n) is 7.47. The summed E-state index contributed by atoms with van der Waals surface area (Å²) in [5.74, 6) is 0.352. The molecule has 3 rings (SSSR count). The van der Waals surface area contributed by atoms with Crippen LogP contribution in [0.1, 0.15) is 31.2 Å². The summed E-state index contributed by atoms with van der Waals surface area (Å²) in [6, 6.07) is 5.71. The minimum Gasteiger partial charge on any atom is -0.481 e. The third-order valence-corrected chi connectivity index (χ3v) is 3.81. The zero-order valence-electron chi connectivity index (χ0n) is 11.9. The van der Waals surface area contributed by atoms with Gasteiger partial charge in [-0.05, 0) is 37.3 Å². The fourth-order valence-corrected chi connectivity index (χ4v) is 2.45. The Morgan fingerprint density at radius 3 is 2.90 bits per heavy atom. The third-order valence-electron chi connectivity index (χ3n) is 3.81. The summed E-state index contributed by atoms with van der Waals surface area (Å²) in [7, 11) is 0. The maximum absolute atomic E-state index is 11.1.